The summed E-state index contributed by atoms with van der Waals surface area (Å²) in [4.78, 5) is 29.0. The van der Waals surface area contributed by atoms with Gasteiger partial charge in [-0.3, -0.25) is 9.78 Å². The number of nitrogens with zero attached hydrogens (tertiary/aromatic N) is 1. The van der Waals surface area contributed by atoms with Gasteiger partial charge in [-0.15, -0.1) is 0 Å². The van der Waals surface area contributed by atoms with Gasteiger partial charge in [-0.05, 0) is 36.4 Å². The first-order valence-corrected chi connectivity index (χ1v) is 7.61. The van der Waals surface area contributed by atoms with Crippen molar-refractivity contribution in [3.05, 3.63) is 102 Å². The Labute approximate surface area is 143 Å². The highest BCUT2D eigenvalue weighted by atomic mass is 19.1. The van der Waals surface area contributed by atoms with Gasteiger partial charge in [-0.1, -0.05) is 30.3 Å². The molecule has 1 aromatic heterocycles. The maximum Gasteiger partial charge on any atom is 0.339 e. The van der Waals surface area contributed by atoms with E-state index in [0.29, 0.717) is 16.7 Å². The fourth-order valence-electron chi connectivity index (χ4n) is 2.33. The normalized spacial score (nSPS) is 11.6. The first-order chi connectivity index (χ1) is 12.1. The lowest BCUT2D eigenvalue weighted by molar-refractivity contribution is 0.0280. The summed E-state index contributed by atoms with van der Waals surface area (Å²) in [5.74, 6) is -1.47. The second kappa shape index (κ2) is 7.49. The fraction of sp³-hybridized carbons (Fsp3) is 0.0500. The number of Topliss-reactive ketones (excluding diaryl/α,β-unsaturated/α-hetero) is 1. The van der Waals surface area contributed by atoms with E-state index < -0.39 is 23.7 Å². The van der Waals surface area contributed by atoms with Gasteiger partial charge in [0.25, 0.3) is 0 Å². The van der Waals surface area contributed by atoms with E-state index in [0.717, 1.165) is 0 Å². The third-order valence-corrected chi connectivity index (χ3v) is 3.61. The van der Waals surface area contributed by atoms with Crippen LogP contribution in [0.1, 0.15) is 32.4 Å². The zero-order valence-corrected chi connectivity index (χ0v) is 13.1. The van der Waals surface area contributed by atoms with Crippen LogP contribution in [0, 0.1) is 5.82 Å². The minimum absolute atomic E-state index is 0.331. The summed E-state index contributed by atoms with van der Waals surface area (Å²) in [6, 6.07) is 16.7. The Bertz CT molecular complexity index is 864. The van der Waals surface area contributed by atoms with Gasteiger partial charge in [0.1, 0.15) is 5.82 Å². The van der Waals surface area contributed by atoms with Gasteiger partial charge in [0.15, 0.2) is 6.10 Å². The van der Waals surface area contributed by atoms with Crippen LogP contribution in [-0.4, -0.2) is 16.7 Å². The SMILES string of the molecule is O=C(OC(C(=O)c1ccncc1)c1ccc(F)cc1)c1ccccc1. The summed E-state index contributed by atoms with van der Waals surface area (Å²) >= 11 is 0. The first kappa shape index (κ1) is 16.5. The van der Waals surface area contributed by atoms with Gasteiger partial charge >= 0.3 is 5.97 Å². The molecule has 2 aromatic carbocycles. The Morgan fingerprint density at radius 1 is 0.840 bits per heavy atom. The molecule has 1 heterocycles. The maximum atomic E-state index is 13.2. The summed E-state index contributed by atoms with van der Waals surface area (Å²) in [6.45, 7) is 0. The Morgan fingerprint density at radius 2 is 1.48 bits per heavy atom. The maximum absolute atomic E-state index is 13.2. The van der Waals surface area contributed by atoms with Crippen molar-refractivity contribution in [2.24, 2.45) is 0 Å². The van der Waals surface area contributed by atoms with Crippen molar-refractivity contribution in [2.45, 2.75) is 6.10 Å². The number of carbonyl (C=O) groups excluding carboxylic acids is 2. The minimum Gasteiger partial charge on any atom is -0.445 e. The molecule has 25 heavy (non-hydrogen) atoms. The Kier molecular flexibility index (Phi) is 4.95. The van der Waals surface area contributed by atoms with Crippen molar-refractivity contribution in [2.75, 3.05) is 0 Å². The highest BCUT2D eigenvalue weighted by molar-refractivity contribution is 6.02. The molecule has 0 aliphatic heterocycles. The Balaban J connectivity index is 1.93. The standard InChI is InChI=1S/C20H14FNO3/c21-17-8-6-15(7-9-17)19(18(23)14-10-12-22-13-11-14)25-20(24)16-4-2-1-3-5-16/h1-13,19H. The van der Waals surface area contributed by atoms with Crippen LogP contribution in [0.15, 0.2) is 79.1 Å². The molecule has 0 saturated heterocycles. The number of halogens is 1. The van der Waals surface area contributed by atoms with Crippen LogP contribution in [0.4, 0.5) is 4.39 Å². The van der Waals surface area contributed by atoms with E-state index in [1.807, 2.05) is 0 Å². The summed E-state index contributed by atoms with van der Waals surface area (Å²) in [5.41, 5.74) is 1.08. The highest BCUT2D eigenvalue weighted by Gasteiger charge is 2.26. The largest absolute Gasteiger partial charge is 0.445 e. The van der Waals surface area contributed by atoms with E-state index in [4.69, 9.17) is 4.74 Å². The third kappa shape index (κ3) is 3.95. The van der Waals surface area contributed by atoms with Crippen LogP contribution in [0.5, 0.6) is 0 Å². The predicted octanol–water partition coefficient (Wildman–Crippen LogP) is 4.00. The number of pyridine rings is 1. The predicted molar refractivity (Wildman–Crippen MR) is 89.6 cm³/mol. The number of rotatable bonds is 5. The average Bonchev–Trinajstić information content (AvgIpc) is 2.67. The van der Waals surface area contributed by atoms with Crippen LogP contribution in [-0.2, 0) is 4.74 Å². The molecule has 1 atom stereocenters. The van der Waals surface area contributed by atoms with Crippen molar-refractivity contribution in [3.8, 4) is 0 Å². The minimum atomic E-state index is -1.17. The van der Waals surface area contributed by atoms with Gasteiger partial charge in [0.2, 0.25) is 5.78 Å². The van der Waals surface area contributed by atoms with Gasteiger partial charge < -0.3 is 4.74 Å². The van der Waals surface area contributed by atoms with Crippen molar-refractivity contribution in [3.63, 3.8) is 0 Å². The molecule has 0 spiro atoms. The number of benzene rings is 2. The number of aromatic nitrogens is 1. The van der Waals surface area contributed by atoms with Gasteiger partial charge in [0.05, 0.1) is 5.56 Å². The van der Waals surface area contributed by atoms with E-state index in [2.05, 4.69) is 4.98 Å². The zero-order chi connectivity index (χ0) is 17.6. The molecule has 5 heteroatoms. The monoisotopic (exact) mass is 335 g/mol. The van der Waals surface area contributed by atoms with Gasteiger partial charge in [-0.2, -0.15) is 0 Å². The summed E-state index contributed by atoms with van der Waals surface area (Å²) in [5, 5.41) is 0. The topological polar surface area (TPSA) is 56.3 Å². The van der Waals surface area contributed by atoms with Crippen molar-refractivity contribution in [1.82, 2.24) is 4.98 Å². The van der Waals surface area contributed by atoms with Crippen LogP contribution in [0.3, 0.4) is 0 Å². The lowest BCUT2D eigenvalue weighted by Crippen LogP contribution is -2.20. The third-order valence-electron chi connectivity index (χ3n) is 3.61. The van der Waals surface area contributed by atoms with Crippen LogP contribution < -0.4 is 0 Å². The van der Waals surface area contributed by atoms with E-state index >= 15 is 0 Å². The molecule has 124 valence electrons. The van der Waals surface area contributed by atoms with E-state index in [1.54, 1.807) is 30.3 Å². The molecule has 0 aliphatic rings. The molecule has 0 amide bonds. The second-order valence-corrected chi connectivity index (χ2v) is 5.30. The van der Waals surface area contributed by atoms with Crippen LogP contribution >= 0.6 is 0 Å². The quantitative estimate of drug-likeness (QED) is 0.522. The van der Waals surface area contributed by atoms with E-state index in [9.17, 15) is 14.0 Å². The molecule has 0 radical (unpaired) electrons. The first-order valence-electron chi connectivity index (χ1n) is 7.61. The fourth-order valence-corrected chi connectivity index (χ4v) is 2.33. The van der Waals surface area contributed by atoms with Crippen molar-refractivity contribution in [1.29, 1.82) is 0 Å². The number of esters is 1. The van der Waals surface area contributed by atoms with Gasteiger partial charge in [-0.25, -0.2) is 9.18 Å². The van der Waals surface area contributed by atoms with Crippen molar-refractivity contribution >= 4 is 11.8 Å². The molecule has 4 nitrogen and oxygen atoms in total. The highest BCUT2D eigenvalue weighted by Crippen LogP contribution is 2.24. The summed E-state index contributed by atoms with van der Waals surface area (Å²) in [6.07, 6.45) is 1.79. The molecule has 0 aliphatic carbocycles. The number of carbonyl (C=O) groups is 2. The number of hydrogen-bond acceptors (Lipinski definition) is 4. The lowest BCUT2D eigenvalue weighted by atomic mass is 10.0. The molecule has 3 rings (SSSR count). The molecule has 0 N–H and O–H groups in total. The molecular weight excluding hydrogens is 321 g/mol. The molecular formula is C20H14FNO3. The molecule has 0 saturated carbocycles. The van der Waals surface area contributed by atoms with E-state index in [1.165, 1.54) is 48.8 Å². The molecule has 3 aromatic rings. The average molecular weight is 335 g/mol. The smallest absolute Gasteiger partial charge is 0.339 e. The van der Waals surface area contributed by atoms with Crippen LogP contribution in [0.2, 0.25) is 0 Å². The Hall–Kier alpha value is -3.34. The molecule has 0 bridgehead atoms. The van der Waals surface area contributed by atoms with E-state index in [-0.39, 0.29) is 0 Å². The summed E-state index contributed by atoms with van der Waals surface area (Å²) in [7, 11) is 0. The number of hydrogen-bond donors (Lipinski definition) is 0. The van der Waals surface area contributed by atoms with Crippen LogP contribution in [0.25, 0.3) is 0 Å². The number of ether oxygens (including phenoxy) is 1. The summed E-state index contributed by atoms with van der Waals surface area (Å²) < 4.78 is 18.6. The van der Waals surface area contributed by atoms with Crippen molar-refractivity contribution < 1.29 is 18.7 Å². The lowest BCUT2D eigenvalue weighted by Gasteiger charge is -2.17. The molecule has 0 fully saturated rings. The number of ketones is 1. The van der Waals surface area contributed by atoms with Gasteiger partial charge in [0, 0.05) is 23.5 Å². The zero-order valence-electron chi connectivity index (χ0n) is 13.1. The second-order valence-electron chi connectivity index (χ2n) is 5.30. The Morgan fingerprint density at radius 3 is 2.12 bits per heavy atom. The molecule has 1 unspecified atom stereocenters.